The highest BCUT2D eigenvalue weighted by Gasteiger charge is 1.91. The van der Waals surface area contributed by atoms with Gasteiger partial charge in [-0.15, -0.1) is 23.1 Å². The Hall–Kier alpha value is -1.06. The molecule has 1 aromatic carbocycles. The summed E-state index contributed by atoms with van der Waals surface area (Å²) in [6.45, 7) is 0. The van der Waals surface area contributed by atoms with Gasteiger partial charge in [0, 0.05) is 16.0 Å². The number of hydrogen-bond donors (Lipinski definition) is 0. The summed E-state index contributed by atoms with van der Waals surface area (Å²) in [7, 11) is 0. The summed E-state index contributed by atoms with van der Waals surface area (Å²) in [5, 5.41) is 2.05. The molecule has 0 fully saturated rings. The van der Waals surface area contributed by atoms with Crippen molar-refractivity contribution in [3.05, 3.63) is 46.7 Å². The van der Waals surface area contributed by atoms with E-state index in [0.29, 0.717) is 0 Å². The van der Waals surface area contributed by atoms with Crippen molar-refractivity contribution in [2.75, 3.05) is 6.26 Å². The Kier molecular flexibility index (Phi) is 3.59. The van der Waals surface area contributed by atoms with Crippen molar-refractivity contribution in [3.63, 3.8) is 0 Å². The lowest BCUT2D eigenvalue weighted by Crippen LogP contribution is -1.72. The van der Waals surface area contributed by atoms with Crippen LogP contribution in [0.5, 0.6) is 0 Å². The van der Waals surface area contributed by atoms with Gasteiger partial charge < -0.3 is 0 Å². The second kappa shape index (κ2) is 5.14. The van der Waals surface area contributed by atoms with Crippen molar-refractivity contribution in [3.8, 4) is 0 Å². The highest BCUT2D eigenvalue weighted by Crippen LogP contribution is 2.19. The summed E-state index contributed by atoms with van der Waals surface area (Å²) < 4.78 is 0. The largest absolute Gasteiger partial charge is 0.255 e. The lowest BCUT2D eigenvalue weighted by atomic mass is 10.3. The molecule has 2 aromatic rings. The maximum absolute atomic E-state index is 4.40. The van der Waals surface area contributed by atoms with Crippen LogP contribution in [0.2, 0.25) is 0 Å². The molecule has 0 bridgehead atoms. The van der Waals surface area contributed by atoms with Crippen molar-refractivity contribution in [1.82, 2.24) is 0 Å². The van der Waals surface area contributed by atoms with Gasteiger partial charge in [0.15, 0.2) is 0 Å². The second-order valence-electron chi connectivity index (χ2n) is 2.97. The van der Waals surface area contributed by atoms with Gasteiger partial charge in [-0.05, 0) is 42.0 Å². The Bertz CT molecular complexity index is 429. The van der Waals surface area contributed by atoms with Crippen molar-refractivity contribution in [2.45, 2.75) is 4.90 Å². The van der Waals surface area contributed by atoms with Crippen molar-refractivity contribution >= 4 is 35.0 Å². The Labute approximate surface area is 97.9 Å². The lowest BCUT2D eigenvalue weighted by Gasteiger charge is -1.95. The normalized spacial score (nSPS) is 11.0. The third kappa shape index (κ3) is 2.94. The molecule has 0 aliphatic heterocycles. The number of thioether (sulfide) groups is 1. The van der Waals surface area contributed by atoms with Gasteiger partial charge >= 0.3 is 0 Å². The number of rotatable bonds is 3. The third-order valence-electron chi connectivity index (χ3n) is 1.96. The summed E-state index contributed by atoms with van der Waals surface area (Å²) in [4.78, 5) is 6.85. The van der Waals surface area contributed by atoms with E-state index in [4.69, 9.17) is 0 Å². The third-order valence-corrected chi connectivity index (χ3v) is 3.51. The molecule has 0 N–H and O–H groups in total. The van der Waals surface area contributed by atoms with E-state index in [2.05, 4.69) is 34.8 Å². The fourth-order valence-electron chi connectivity index (χ4n) is 1.17. The minimum atomic E-state index is 1.00. The monoisotopic (exact) mass is 233 g/mol. The van der Waals surface area contributed by atoms with E-state index in [9.17, 15) is 0 Å². The molecule has 0 radical (unpaired) electrons. The molecule has 76 valence electrons. The minimum absolute atomic E-state index is 1.00. The number of benzene rings is 1. The summed E-state index contributed by atoms with van der Waals surface area (Å²) in [6, 6.07) is 12.3. The molecule has 3 heteroatoms. The quantitative estimate of drug-likeness (QED) is 0.571. The maximum atomic E-state index is 4.40. The molecule has 0 saturated carbocycles. The zero-order valence-electron chi connectivity index (χ0n) is 8.38. The molecule has 1 aromatic heterocycles. The number of hydrogen-bond acceptors (Lipinski definition) is 3. The van der Waals surface area contributed by atoms with Gasteiger partial charge in [0.1, 0.15) is 0 Å². The number of thiophene rings is 1. The van der Waals surface area contributed by atoms with Crippen molar-refractivity contribution in [2.24, 2.45) is 4.99 Å². The Balaban J connectivity index is 2.11. The van der Waals surface area contributed by atoms with E-state index in [-0.39, 0.29) is 0 Å². The first-order valence-electron chi connectivity index (χ1n) is 4.60. The molecule has 0 saturated heterocycles. The molecule has 0 spiro atoms. The van der Waals surface area contributed by atoms with Gasteiger partial charge in [0.05, 0.1) is 5.69 Å². The fraction of sp³-hybridized carbons (Fsp3) is 0.0833. The van der Waals surface area contributed by atoms with E-state index in [1.165, 1.54) is 9.77 Å². The van der Waals surface area contributed by atoms with Crippen LogP contribution in [0.25, 0.3) is 0 Å². The molecule has 2 rings (SSSR count). The molecule has 0 aliphatic rings. The average Bonchev–Trinajstić information content (AvgIpc) is 2.80. The van der Waals surface area contributed by atoms with E-state index < -0.39 is 0 Å². The highest BCUT2D eigenvalue weighted by molar-refractivity contribution is 7.98. The van der Waals surface area contributed by atoms with Crippen LogP contribution in [0.4, 0.5) is 5.69 Å². The SMILES string of the molecule is CSc1ccc(N=Cc2cccs2)cc1. The van der Waals surface area contributed by atoms with Crippen LogP contribution in [0.1, 0.15) is 4.88 Å². The molecule has 1 nitrogen and oxygen atoms in total. The molecule has 15 heavy (non-hydrogen) atoms. The number of nitrogens with zero attached hydrogens (tertiary/aromatic N) is 1. The van der Waals surface area contributed by atoms with Gasteiger partial charge in [0.25, 0.3) is 0 Å². The molecular formula is C12H11NS2. The minimum Gasteiger partial charge on any atom is -0.255 e. The Morgan fingerprint density at radius 3 is 2.60 bits per heavy atom. The van der Waals surface area contributed by atoms with Crippen LogP contribution in [0.3, 0.4) is 0 Å². The molecule has 0 unspecified atom stereocenters. The maximum Gasteiger partial charge on any atom is 0.0631 e. The van der Waals surface area contributed by atoms with E-state index >= 15 is 0 Å². The van der Waals surface area contributed by atoms with E-state index in [1.807, 2.05) is 24.4 Å². The first kappa shape index (κ1) is 10.5. The van der Waals surface area contributed by atoms with Crippen LogP contribution in [0.15, 0.2) is 51.7 Å². The van der Waals surface area contributed by atoms with Crippen LogP contribution in [0, 0.1) is 0 Å². The lowest BCUT2D eigenvalue weighted by molar-refractivity contribution is 1.43. The van der Waals surface area contributed by atoms with E-state index in [1.54, 1.807) is 23.1 Å². The fourth-order valence-corrected chi connectivity index (χ4v) is 2.16. The summed E-state index contributed by atoms with van der Waals surface area (Å²) >= 11 is 3.44. The van der Waals surface area contributed by atoms with E-state index in [0.717, 1.165) is 5.69 Å². The summed E-state index contributed by atoms with van der Waals surface area (Å²) in [6.07, 6.45) is 3.97. The van der Waals surface area contributed by atoms with Gasteiger partial charge in [-0.1, -0.05) is 6.07 Å². The smallest absolute Gasteiger partial charge is 0.0631 e. The zero-order valence-corrected chi connectivity index (χ0v) is 10.0. The predicted octanol–water partition coefficient (Wildman–Crippen LogP) is 4.22. The van der Waals surface area contributed by atoms with Crippen LogP contribution < -0.4 is 0 Å². The predicted molar refractivity (Wildman–Crippen MR) is 69.8 cm³/mol. The molecule has 1 heterocycles. The topological polar surface area (TPSA) is 12.4 Å². The van der Waals surface area contributed by atoms with Crippen molar-refractivity contribution < 1.29 is 0 Å². The zero-order chi connectivity index (χ0) is 10.5. The molecule has 0 amide bonds. The van der Waals surface area contributed by atoms with Crippen molar-refractivity contribution in [1.29, 1.82) is 0 Å². The summed E-state index contributed by atoms with van der Waals surface area (Å²) in [5.74, 6) is 0. The molecule has 0 atom stereocenters. The van der Waals surface area contributed by atoms with Crippen LogP contribution in [-0.2, 0) is 0 Å². The van der Waals surface area contributed by atoms with Crippen LogP contribution >= 0.6 is 23.1 Å². The Morgan fingerprint density at radius 2 is 2.00 bits per heavy atom. The van der Waals surface area contributed by atoms with Gasteiger partial charge in [-0.2, -0.15) is 0 Å². The average molecular weight is 233 g/mol. The highest BCUT2D eigenvalue weighted by atomic mass is 32.2. The first-order chi connectivity index (χ1) is 7.38. The first-order valence-corrected chi connectivity index (χ1v) is 6.70. The van der Waals surface area contributed by atoms with Gasteiger partial charge in [-0.25, -0.2) is 0 Å². The standard InChI is InChI=1S/C12H11NS2/c1-14-11-6-4-10(5-7-11)13-9-12-3-2-8-15-12/h2-9H,1H3. The Morgan fingerprint density at radius 1 is 1.20 bits per heavy atom. The summed E-state index contributed by atoms with van der Waals surface area (Å²) in [5.41, 5.74) is 1.00. The van der Waals surface area contributed by atoms with Gasteiger partial charge in [0.2, 0.25) is 0 Å². The van der Waals surface area contributed by atoms with Crippen LogP contribution in [-0.4, -0.2) is 12.5 Å². The van der Waals surface area contributed by atoms with Gasteiger partial charge in [-0.3, -0.25) is 4.99 Å². The molecular weight excluding hydrogens is 222 g/mol. The number of aliphatic imine (C=N–C) groups is 1. The molecule has 0 aliphatic carbocycles. The second-order valence-corrected chi connectivity index (χ2v) is 4.83.